The molecule has 2 aromatic carbocycles. The lowest BCUT2D eigenvalue weighted by atomic mass is 10.2. The smallest absolute Gasteiger partial charge is 0.181 e. The maximum atomic E-state index is 6.00. The number of ether oxygens (including phenoxy) is 2. The molecule has 0 saturated carbocycles. The first kappa shape index (κ1) is 14.4. The minimum atomic E-state index is 0.590. The number of benzene rings is 2. The van der Waals surface area contributed by atoms with Crippen molar-refractivity contribution in [2.45, 2.75) is 0 Å². The fourth-order valence-electron chi connectivity index (χ4n) is 2.13. The van der Waals surface area contributed by atoms with Crippen molar-refractivity contribution in [3.05, 3.63) is 47.5 Å². The molecule has 0 unspecified atom stereocenters. The van der Waals surface area contributed by atoms with E-state index in [1.54, 1.807) is 14.2 Å². The largest absolute Gasteiger partial charge is 0.493 e. The lowest BCUT2D eigenvalue weighted by molar-refractivity contribution is 0.355. The average molecular weight is 316 g/mol. The van der Waals surface area contributed by atoms with Gasteiger partial charge in [-0.2, -0.15) is 5.10 Å². The van der Waals surface area contributed by atoms with E-state index in [0.29, 0.717) is 28.2 Å². The van der Waals surface area contributed by atoms with Crippen LogP contribution in [0.2, 0.25) is 5.02 Å². The zero-order valence-electron chi connectivity index (χ0n) is 12.1. The summed E-state index contributed by atoms with van der Waals surface area (Å²) in [7, 11) is 3.20. The predicted octanol–water partition coefficient (Wildman–Crippen LogP) is 3.81. The highest BCUT2D eigenvalue weighted by molar-refractivity contribution is 6.30. The standard InChI is InChI=1S/C16H14ClN3O2/c1-21-13-7-6-11(9-14(13)22-2)16-18-15(19-20-16)10-4-3-5-12(17)8-10/h3-9H,1-2H3,(H,18,19,20). The zero-order valence-corrected chi connectivity index (χ0v) is 12.9. The fraction of sp³-hybridized carbons (Fsp3) is 0.125. The number of halogens is 1. The van der Waals surface area contributed by atoms with Crippen molar-refractivity contribution < 1.29 is 9.47 Å². The van der Waals surface area contributed by atoms with E-state index in [0.717, 1.165) is 11.1 Å². The second kappa shape index (κ2) is 6.07. The third kappa shape index (κ3) is 2.76. The summed E-state index contributed by atoms with van der Waals surface area (Å²) in [6, 6.07) is 13.0. The molecule has 0 aliphatic rings. The van der Waals surface area contributed by atoms with E-state index in [1.165, 1.54) is 0 Å². The normalized spacial score (nSPS) is 10.5. The van der Waals surface area contributed by atoms with Gasteiger partial charge in [-0.15, -0.1) is 0 Å². The summed E-state index contributed by atoms with van der Waals surface area (Å²) >= 11 is 6.00. The van der Waals surface area contributed by atoms with Crippen molar-refractivity contribution >= 4 is 11.6 Å². The van der Waals surface area contributed by atoms with Gasteiger partial charge in [0, 0.05) is 16.1 Å². The van der Waals surface area contributed by atoms with Crippen LogP contribution in [0.25, 0.3) is 22.8 Å². The molecule has 0 spiro atoms. The molecule has 0 bridgehead atoms. The van der Waals surface area contributed by atoms with E-state index < -0.39 is 0 Å². The van der Waals surface area contributed by atoms with E-state index in [1.807, 2.05) is 42.5 Å². The minimum absolute atomic E-state index is 0.590. The van der Waals surface area contributed by atoms with Gasteiger partial charge in [-0.25, -0.2) is 4.98 Å². The highest BCUT2D eigenvalue weighted by atomic mass is 35.5. The van der Waals surface area contributed by atoms with Crippen LogP contribution in [-0.2, 0) is 0 Å². The summed E-state index contributed by atoms with van der Waals surface area (Å²) in [5.41, 5.74) is 1.72. The topological polar surface area (TPSA) is 60.0 Å². The molecular weight excluding hydrogens is 302 g/mol. The third-order valence-electron chi connectivity index (χ3n) is 3.23. The second-order valence-electron chi connectivity index (χ2n) is 4.59. The predicted molar refractivity (Wildman–Crippen MR) is 85.4 cm³/mol. The Morgan fingerprint density at radius 3 is 2.50 bits per heavy atom. The summed E-state index contributed by atoms with van der Waals surface area (Å²) < 4.78 is 10.5. The number of aromatic nitrogens is 3. The monoisotopic (exact) mass is 315 g/mol. The molecule has 0 atom stereocenters. The van der Waals surface area contributed by atoms with Crippen molar-refractivity contribution in [1.82, 2.24) is 15.2 Å². The molecule has 0 saturated heterocycles. The molecular formula is C16H14ClN3O2. The highest BCUT2D eigenvalue weighted by Crippen LogP contribution is 2.31. The molecule has 112 valence electrons. The summed E-state index contributed by atoms with van der Waals surface area (Å²) in [4.78, 5) is 4.50. The molecule has 0 radical (unpaired) electrons. The van der Waals surface area contributed by atoms with Gasteiger partial charge in [-0.3, -0.25) is 5.10 Å². The van der Waals surface area contributed by atoms with Crippen LogP contribution in [0.4, 0.5) is 0 Å². The van der Waals surface area contributed by atoms with Crippen molar-refractivity contribution in [3.8, 4) is 34.3 Å². The molecule has 3 rings (SSSR count). The fourth-order valence-corrected chi connectivity index (χ4v) is 2.32. The van der Waals surface area contributed by atoms with E-state index in [-0.39, 0.29) is 0 Å². The molecule has 0 fully saturated rings. The van der Waals surface area contributed by atoms with Crippen molar-refractivity contribution in [3.63, 3.8) is 0 Å². The quantitative estimate of drug-likeness (QED) is 0.795. The maximum absolute atomic E-state index is 6.00. The molecule has 0 aliphatic carbocycles. The lowest BCUT2D eigenvalue weighted by Gasteiger charge is -2.07. The van der Waals surface area contributed by atoms with E-state index in [2.05, 4.69) is 15.2 Å². The van der Waals surface area contributed by atoms with Crippen LogP contribution in [-0.4, -0.2) is 29.4 Å². The van der Waals surface area contributed by atoms with Crippen LogP contribution in [0, 0.1) is 0 Å². The van der Waals surface area contributed by atoms with Gasteiger partial charge in [0.2, 0.25) is 0 Å². The first-order chi connectivity index (χ1) is 10.7. The number of methoxy groups -OCH3 is 2. The summed E-state index contributed by atoms with van der Waals surface area (Å²) in [5.74, 6) is 2.55. The summed E-state index contributed by atoms with van der Waals surface area (Å²) in [5, 5.41) is 7.81. The Hall–Kier alpha value is -2.53. The Balaban J connectivity index is 1.97. The van der Waals surface area contributed by atoms with Crippen molar-refractivity contribution in [1.29, 1.82) is 0 Å². The van der Waals surface area contributed by atoms with Crippen LogP contribution in [0.1, 0.15) is 0 Å². The molecule has 0 amide bonds. The number of nitrogens with zero attached hydrogens (tertiary/aromatic N) is 2. The number of nitrogens with one attached hydrogen (secondary N) is 1. The number of hydrogen-bond acceptors (Lipinski definition) is 4. The zero-order chi connectivity index (χ0) is 15.5. The second-order valence-corrected chi connectivity index (χ2v) is 5.02. The number of aromatic amines is 1. The number of rotatable bonds is 4. The number of H-pyrrole nitrogens is 1. The summed E-state index contributed by atoms with van der Waals surface area (Å²) in [6.45, 7) is 0. The maximum Gasteiger partial charge on any atom is 0.181 e. The Bertz CT molecular complexity index is 802. The molecule has 5 nitrogen and oxygen atoms in total. The SMILES string of the molecule is COc1ccc(-c2nc(-c3cccc(Cl)c3)n[nH]2)cc1OC. The van der Waals surface area contributed by atoms with Crippen LogP contribution in [0.15, 0.2) is 42.5 Å². The van der Waals surface area contributed by atoms with Gasteiger partial charge < -0.3 is 9.47 Å². The molecule has 1 aromatic heterocycles. The van der Waals surface area contributed by atoms with Crippen LogP contribution in [0.3, 0.4) is 0 Å². The van der Waals surface area contributed by atoms with Gasteiger partial charge in [-0.05, 0) is 30.3 Å². The Morgan fingerprint density at radius 2 is 1.77 bits per heavy atom. The molecule has 6 heteroatoms. The van der Waals surface area contributed by atoms with Crippen LogP contribution in [0.5, 0.6) is 11.5 Å². The van der Waals surface area contributed by atoms with E-state index in [9.17, 15) is 0 Å². The Morgan fingerprint density at radius 1 is 0.955 bits per heavy atom. The van der Waals surface area contributed by atoms with Gasteiger partial charge in [0.15, 0.2) is 23.1 Å². The molecule has 1 N–H and O–H groups in total. The van der Waals surface area contributed by atoms with Gasteiger partial charge in [0.25, 0.3) is 0 Å². The van der Waals surface area contributed by atoms with Crippen LogP contribution < -0.4 is 9.47 Å². The average Bonchev–Trinajstić information content (AvgIpc) is 3.04. The molecule has 0 aliphatic heterocycles. The Labute approximate surface area is 132 Å². The van der Waals surface area contributed by atoms with Gasteiger partial charge in [0.05, 0.1) is 14.2 Å². The first-order valence-corrected chi connectivity index (χ1v) is 7.00. The first-order valence-electron chi connectivity index (χ1n) is 6.62. The molecule has 22 heavy (non-hydrogen) atoms. The minimum Gasteiger partial charge on any atom is -0.493 e. The number of hydrogen-bond donors (Lipinski definition) is 1. The third-order valence-corrected chi connectivity index (χ3v) is 3.46. The van der Waals surface area contributed by atoms with Crippen molar-refractivity contribution in [2.75, 3.05) is 14.2 Å². The van der Waals surface area contributed by atoms with Crippen LogP contribution >= 0.6 is 11.6 Å². The summed E-state index contributed by atoms with van der Waals surface area (Å²) in [6.07, 6.45) is 0. The van der Waals surface area contributed by atoms with E-state index >= 15 is 0 Å². The van der Waals surface area contributed by atoms with Gasteiger partial charge >= 0.3 is 0 Å². The highest BCUT2D eigenvalue weighted by Gasteiger charge is 2.11. The van der Waals surface area contributed by atoms with Gasteiger partial charge in [-0.1, -0.05) is 23.7 Å². The molecule has 1 heterocycles. The molecule has 3 aromatic rings. The lowest BCUT2D eigenvalue weighted by Crippen LogP contribution is -1.91. The van der Waals surface area contributed by atoms with Gasteiger partial charge in [0.1, 0.15) is 0 Å². The van der Waals surface area contributed by atoms with Crippen molar-refractivity contribution in [2.24, 2.45) is 0 Å². The van der Waals surface area contributed by atoms with E-state index in [4.69, 9.17) is 21.1 Å². The Kier molecular flexibility index (Phi) is 3.98.